The highest BCUT2D eigenvalue weighted by atomic mass is 16.2. The number of nitrogens with one attached hydrogen (secondary N) is 1. The zero-order valence-corrected chi connectivity index (χ0v) is 18.1. The topological polar surface area (TPSA) is 79.7 Å². The predicted molar refractivity (Wildman–Crippen MR) is 117 cm³/mol. The predicted octanol–water partition coefficient (Wildman–Crippen LogP) is 2.29. The van der Waals surface area contributed by atoms with Gasteiger partial charge in [-0.3, -0.25) is 19.4 Å². The maximum Gasteiger partial charge on any atom is 0.241 e. The summed E-state index contributed by atoms with van der Waals surface area (Å²) in [4.78, 5) is 31.6. The Morgan fingerprint density at radius 1 is 1.20 bits per heavy atom. The zero-order chi connectivity index (χ0) is 21.5. The maximum absolute atomic E-state index is 12.7. The molecule has 7 heteroatoms. The number of nitriles is 1. The van der Waals surface area contributed by atoms with Crippen LogP contribution in [-0.4, -0.2) is 78.4 Å². The molecule has 1 heterocycles. The summed E-state index contributed by atoms with van der Waals surface area (Å²) in [6.45, 7) is 5.45. The van der Waals surface area contributed by atoms with Crippen LogP contribution in [0.1, 0.15) is 44.6 Å². The first-order valence-electron chi connectivity index (χ1n) is 11.0. The van der Waals surface area contributed by atoms with Crippen LogP contribution < -0.4 is 5.32 Å². The number of hydrogen-bond donors (Lipinski definition) is 1. The van der Waals surface area contributed by atoms with Crippen molar-refractivity contribution in [2.75, 3.05) is 45.1 Å². The summed E-state index contributed by atoms with van der Waals surface area (Å²) in [6, 6.07) is 9.16. The number of rotatable bonds is 6. The van der Waals surface area contributed by atoms with Crippen molar-refractivity contribution in [2.24, 2.45) is 0 Å². The fraction of sp³-hybridized carbons (Fsp3) is 0.609. The van der Waals surface area contributed by atoms with Gasteiger partial charge in [-0.25, -0.2) is 0 Å². The Kier molecular flexibility index (Phi) is 7.83. The summed E-state index contributed by atoms with van der Waals surface area (Å²) in [5.41, 5.74) is 1.16. The summed E-state index contributed by atoms with van der Waals surface area (Å²) < 4.78 is 0. The van der Waals surface area contributed by atoms with Crippen LogP contribution in [0, 0.1) is 11.3 Å². The number of hydrogen-bond acceptors (Lipinski definition) is 5. The van der Waals surface area contributed by atoms with Gasteiger partial charge in [0.1, 0.15) is 0 Å². The molecule has 1 atom stereocenters. The molecule has 0 aromatic heterocycles. The zero-order valence-electron chi connectivity index (χ0n) is 18.1. The third-order valence-corrected chi connectivity index (χ3v) is 6.47. The Morgan fingerprint density at radius 3 is 2.57 bits per heavy atom. The Bertz CT molecular complexity index is 776. The van der Waals surface area contributed by atoms with Gasteiger partial charge in [-0.2, -0.15) is 5.26 Å². The van der Waals surface area contributed by atoms with E-state index in [9.17, 15) is 9.59 Å². The summed E-state index contributed by atoms with van der Waals surface area (Å²) in [6.07, 6.45) is 5.99. The van der Waals surface area contributed by atoms with Crippen LogP contribution in [0.15, 0.2) is 24.3 Å². The third-order valence-electron chi connectivity index (χ3n) is 6.47. The van der Waals surface area contributed by atoms with Crippen molar-refractivity contribution in [1.29, 1.82) is 5.26 Å². The number of carbonyl (C=O) groups is 2. The van der Waals surface area contributed by atoms with Gasteiger partial charge in [0.15, 0.2) is 0 Å². The average Bonchev–Trinajstić information content (AvgIpc) is 2.79. The largest absolute Gasteiger partial charge is 0.342 e. The smallest absolute Gasteiger partial charge is 0.241 e. The Hall–Kier alpha value is -2.43. The molecule has 162 valence electrons. The van der Waals surface area contributed by atoms with Crippen LogP contribution in [0.4, 0.5) is 5.69 Å². The monoisotopic (exact) mass is 411 g/mol. The van der Waals surface area contributed by atoms with Crippen molar-refractivity contribution < 1.29 is 9.59 Å². The van der Waals surface area contributed by atoms with E-state index in [4.69, 9.17) is 5.26 Å². The van der Waals surface area contributed by atoms with Gasteiger partial charge in [0.25, 0.3) is 0 Å². The second-order valence-electron chi connectivity index (χ2n) is 8.47. The van der Waals surface area contributed by atoms with Gasteiger partial charge in [0.2, 0.25) is 11.8 Å². The van der Waals surface area contributed by atoms with Crippen LogP contribution in [-0.2, 0) is 9.59 Å². The number of amides is 2. The van der Waals surface area contributed by atoms with Crippen molar-refractivity contribution >= 4 is 17.5 Å². The van der Waals surface area contributed by atoms with E-state index in [-0.39, 0.29) is 17.9 Å². The molecule has 3 rings (SSSR count). The maximum atomic E-state index is 12.7. The molecule has 1 aliphatic heterocycles. The van der Waals surface area contributed by atoms with Gasteiger partial charge in [-0.15, -0.1) is 0 Å². The number of nitrogens with zero attached hydrogens (tertiary/aromatic N) is 4. The number of benzene rings is 1. The van der Waals surface area contributed by atoms with E-state index in [1.54, 1.807) is 24.3 Å². The molecule has 0 radical (unpaired) electrons. The second-order valence-corrected chi connectivity index (χ2v) is 8.47. The van der Waals surface area contributed by atoms with Gasteiger partial charge in [0.05, 0.1) is 24.2 Å². The molecule has 2 aliphatic rings. The molecular formula is C23H33N5O2. The molecule has 1 saturated heterocycles. The molecule has 7 nitrogen and oxygen atoms in total. The van der Waals surface area contributed by atoms with E-state index in [0.717, 1.165) is 39.0 Å². The lowest BCUT2D eigenvalue weighted by Gasteiger charge is -2.38. The fourth-order valence-electron chi connectivity index (χ4n) is 4.36. The van der Waals surface area contributed by atoms with Gasteiger partial charge < -0.3 is 10.2 Å². The van der Waals surface area contributed by atoms with E-state index in [1.165, 1.54) is 19.3 Å². The molecule has 1 aromatic rings. The number of piperazine rings is 1. The minimum atomic E-state index is -0.265. The molecule has 2 fully saturated rings. The molecule has 1 aliphatic carbocycles. The molecule has 1 saturated carbocycles. The van der Waals surface area contributed by atoms with E-state index >= 15 is 0 Å². The molecule has 1 N–H and O–H groups in total. The molecule has 30 heavy (non-hydrogen) atoms. The van der Waals surface area contributed by atoms with Crippen LogP contribution >= 0.6 is 0 Å². The van der Waals surface area contributed by atoms with Crippen molar-refractivity contribution in [1.82, 2.24) is 14.7 Å². The molecule has 2 amide bonds. The van der Waals surface area contributed by atoms with E-state index < -0.39 is 0 Å². The van der Waals surface area contributed by atoms with Crippen LogP contribution in [0.5, 0.6) is 0 Å². The van der Waals surface area contributed by atoms with Crippen molar-refractivity contribution in [3.05, 3.63) is 29.8 Å². The number of anilines is 1. The number of likely N-dealkylation sites (N-methyl/N-ethyl adjacent to an activating group) is 1. The van der Waals surface area contributed by atoms with Crippen molar-refractivity contribution in [3.63, 3.8) is 0 Å². The fourth-order valence-corrected chi connectivity index (χ4v) is 4.36. The molecular weight excluding hydrogens is 378 g/mol. The highest BCUT2D eigenvalue weighted by molar-refractivity contribution is 5.94. The third kappa shape index (κ3) is 5.80. The minimum Gasteiger partial charge on any atom is -0.342 e. The first-order valence-corrected chi connectivity index (χ1v) is 11.0. The summed E-state index contributed by atoms with van der Waals surface area (Å²) in [5.74, 6) is 0.130. The quantitative estimate of drug-likeness (QED) is 0.777. The molecule has 0 spiro atoms. The standard InChI is InChI=1S/C23H33N5O2/c1-18(23(30)25-20-8-6-7-19(15-20)16-24)28-13-11-27(12-14-28)17-22(29)26(2)21-9-4-3-5-10-21/h6-8,15,18,21H,3-5,9-14,17H2,1-2H3,(H,25,30). The average molecular weight is 412 g/mol. The minimum absolute atomic E-state index is 0.0772. The first kappa shape index (κ1) is 22.3. The highest BCUT2D eigenvalue weighted by Crippen LogP contribution is 2.22. The van der Waals surface area contributed by atoms with Gasteiger partial charge in [0, 0.05) is 45.0 Å². The van der Waals surface area contributed by atoms with Gasteiger partial charge in [-0.1, -0.05) is 25.3 Å². The lowest BCUT2D eigenvalue weighted by Crippen LogP contribution is -2.54. The Morgan fingerprint density at radius 2 is 1.90 bits per heavy atom. The summed E-state index contributed by atoms with van der Waals surface area (Å²) >= 11 is 0. The molecule has 1 unspecified atom stereocenters. The van der Waals surface area contributed by atoms with E-state index in [1.807, 2.05) is 18.9 Å². The second kappa shape index (κ2) is 10.6. The molecule has 1 aromatic carbocycles. The van der Waals surface area contributed by atoms with Crippen molar-refractivity contribution in [3.8, 4) is 6.07 Å². The van der Waals surface area contributed by atoms with Crippen molar-refractivity contribution in [2.45, 2.75) is 51.1 Å². The number of carbonyl (C=O) groups excluding carboxylic acids is 2. The first-order chi connectivity index (χ1) is 14.5. The summed E-state index contributed by atoms with van der Waals surface area (Å²) in [5, 5.41) is 11.9. The lowest BCUT2D eigenvalue weighted by molar-refractivity contribution is -0.134. The highest BCUT2D eigenvalue weighted by Gasteiger charge is 2.28. The van der Waals surface area contributed by atoms with Crippen LogP contribution in [0.2, 0.25) is 0 Å². The van der Waals surface area contributed by atoms with E-state index in [2.05, 4.69) is 21.2 Å². The van der Waals surface area contributed by atoms with Crippen LogP contribution in [0.25, 0.3) is 0 Å². The van der Waals surface area contributed by atoms with Gasteiger partial charge in [-0.05, 0) is 38.0 Å². The van der Waals surface area contributed by atoms with Crippen LogP contribution in [0.3, 0.4) is 0 Å². The Balaban J connectivity index is 1.44. The SMILES string of the molecule is CC(C(=O)Nc1cccc(C#N)c1)N1CCN(CC(=O)N(C)C2CCCCC2)CC1. The van der Waals surface area contributed by atoms with Gasteiger partial charge >= 0.3 is 0 Å². The summed E-state index contributed by atoms with van der Waals surface area (Å²) in [7, 11) is 1.95. The van der Waals surface area contributed by atoms with E-state index in [0.29, 0.717) is 23.8 Å². The molecule has 0 bridgehead atoms. The Labute approximate surface area is 179 Å². The normalized spacial score (nSPS) is 19.6. The lowest BCUT2D eigenvalue weighted by atomic mass is 9.94.